The number of carbonyl (C=O) groups excluding carboxylic acids is 1. The van der Waals surface area contributed by atoms with Gasteiger partial charge in [-0.3, -0.25) is 4.79 Å². The highest BCUT2D eigenvalue weighted by molar-refractivity contribution is 6.31. The molecule has 132 valence electrons. The maximum absolute atomic E-state index is 12.4. The van der Waals surface area contributed by atoms with E-state index in [1.807, 2.05) is 25.1 Å². The molecule has 1 aliphatic rings. The lowest BCUT2D eigenvalue weighted by Crippen LogP contribution is -2.46. The van der Waals surface area contributed by atoms with Gasteiger partial charge in [-0.15, -0.1) is 0 Å². The van der Waals surface area contributed by atoms with Crippen molar-refractivity contribution in [2.24, 2.45) is 0 Å². The smallest absolute Gasteiger partial charge is 0.274 e. The molecule has 0 atom stereocenters. The largest absolute Gasteiger partial charge is 0.368 e. The second-order valence-electron chi connectivity index (χ2n) is 6.19. The highest BCUT2D eigenvalue weighted by atomic mass is 35.5. The molecule has 1 amide bonds. The van der Waals surface area contributed by atoms with E-state index in [1.54, 1.807) is 18.3 Å². The maximum atomic E-state index is 12.4. The van der Waals surface area contributed by atoms with Gasteiger partial charge in [-0.25, -0.2) is 4.98 Å². The Hall–Kier alpha value is -2.11. The molecule has 0 spiro atoms. The van der Waals surface area contributed by atoms with E-state index in [1.165, 1.54) is 0 Å². The molecule has 0 unspecified atom stereocenters. The van der Waals surface area contributed by atoms with E-state index in [0.717, 1.165) is 44.0 Å². The summed E-state index contributed by atoms with van der Waals surface area (Å²) in [6.45, 7) is 9.26. The lowest BCUT2D eigenvalue weighted by atomic mass is 10.2. The zero-order valence-electron chi connectivity index (χ0n) is 14.6. The fourth-order valence-electron chi connectivity index (χ4n) is 2.96. The molecule has 2 heterocycles. The topological polar surface area (TPSA) is 48.5 Å². The van der Waals surface area contributed by atoms with E-state index in [0.29, 0.717) is 16.4 Å². The molecule has 1 aliphatic heterocycles. The number of anilines is 2. The summed E-state index contributed by atoms with van der Waals surface area (Å²) in [4.78, 5) is 21.5. The molecule has 3 rings (SSSR count). The number of piperazine rings is 1. The monoisotopic (exact) mass is 358 g/mol. The molecule has 0 saturated carbocycles. The number of carbonyl (C=O) groups is 1. The van der Waals surface area contributed by atoms with Crippen molar-refractivity contribution in [3.8, 4) is 0 Å². The minimum atomic E-state index is -0.229. The highest BCUT2D eigenvalue weighted by Gasteiger charge is 2.17. The standard InChI is InChI=1S/C19H23ClN4O/c1-3-23-9-11-24(12-10-23)15-7-8-18(21-13-15)19(25)22-17-6-4-5-16(20)14(17)2/h4-8,13H,3,9-12H2,1-2H3,(H,22,25). The normalized spacial score (nSPS) is 15.2. The predicted octanol–water partition coefficient (Wildman–Crippen LogP) is 3.44. The van der Waals surface area contributed by atoms with Gasteiger partial charge in [0, 0.05) is 36.9 Å². The van der Waals surface area contributed by atoms with Gasteiger partial charge in [0.05, 0.1) is 11.9 Å². The zero-order valence-corrected chi connectivity index (χ0v) is 15.4. The van der Waals surface area contributed by atoms with Gasteiger partial charge in [0.15, 0.2) is 0 Å². The second-order valence-corrected chi connectivity index (χ2v) is 6.60. The maximum Gasteiger partial charge on any atom is 0.274 e. The fraction of sp³-hybridized carbons (Fsp3) is 0.368. The van der Waals surface area contributed by atoms with Gasteiger partial charge in [0.2, 0.25) is 0 Å². The van der Waals surface area contributed by atoms with Crippen LogP contribution in [0.1, 0.15) is 23.0 Å². The third-order valence-corrected chi connectivity index (χ3v) is 5.09. The molecule has 1 saturated heterocycles. The first-order chi connectivity index (χ1) is 12.1. The highest BCUT2D eigenvalue weighted by Crippen LogP contribution is 2.23. The Morgan fingerprint density at radius 1 is 1.20 bits per heavy atom. The Labute approximate surface area is 153 Å². The number of benzene rings is 1. The Morgan fingerprint density at radius 3 is 2.60 bits per heavy atom. The summed E-state index contributed by atoms with van der Waals surface area (Å²) in [6.07, 6.45) is 1.78. The van der Waals surface area contributed by atoms with Crippen LogP contribution in [0.3, 0.4) is 0 Å². The molecule has 1 N–H and O–H groups in total. The minimum Gasteiger partial charge on any atom is -0.368 e. The molecule has 0 bridgehead atoms. The van der Waals surface area contributed by atoms with Gasteiger partial charge in [-0.05, 0) is 43.3 Å². The first kappa shape index (κ1) is 17.7. The number of amides is 1. The third kappa shape index (κ3) is 4.11. The van der Waals surface area contributed by atoms with Gasteiger partial charge in [0.1, 0.15) is 5.69 Å². The van der Waals surface area contributed by atoms with Crippen molar-refractivity contribution in [2.45, 2.75) is 13.8 Å². The molecule has 0 aliphatic carbocycles. The quantitative estimate of drug-likeness (QED) is 0.909. The first-order valence-electron chi connectivity index (χ1n) is 8.58. The Bertz CT molecular complexity index is 740. The Kier molecular flexibility index (Phi) is 5.56. The predicted molar refractivity (Wildman–Crippen MR) is 103 cm³/mol. The van der Waals surface area contributed by atoms with Crippen molar-refractivity contribution in [1.82, 2.24) is 9.88 Å². The molecule has 1 aromatic carbocycles. The van der Waals surface area contributed by atoms with Crippen LogP contribution in [0, 0.1) is 6.92 Å². The van der Waals surface area contributed by atoms with Crippen LogP contribution in [0.4, 0.5) is 11.4 Å². The molecule has 1 aromatic heterocycles. The molecular weight excluding hydrogens is 336 g/mol. The second kappa shape index (κ2) is 7.85. The van der Waals surface area contributed by atoms with Gasteiger partial charge in [-0.1, -0.05) is 24.6 Å². The van der Waals surface area contributed by atoms with E-state index in [9.17, 15) is 4.79 Å². The number of aromatic nitrogens is 1. The fourth-order valence-corrected chi connectivity index (χ4v) is 3.13. The molecule has 5 nitrogen and oxygen atoms in total. The summed E-state index contributed by atoms with van der Waals surface area (Å²) < 4.78 is 0. The van der Waals surface area contributed by atoms with Crippen LogP contribution < -0.4 is 10.2 Å². The van der Waals surface area contributed by atoms with E-state index >= 15 is 0 Å². The molecule has 2 aromatic rings. The van der Waals surface area contributed by atoms with Crippen LogP contribution in [0.2, 0.25) is 5.02 Å². The summed E-state index contributed by atoms with van der Waals surface area (Å²) in [5, 5.41) is 3.51. The van der Waals surface area contributed by atoms with E-state index < -0.39 is 0 Å². The number of halogens is 1. The number of hydrogen-bond donors (Lipinski definition) is 1. The molecular formula is C19H23ClN4O. The average molecular weight is 359 g/mol. The van der Waals surface area contributed by atoms with Gasteiger partial charge >= 0.3 is 0 Å². The van der Waals surface area contributed by atoms with Crippen molar-refractivity contribution >= 4 is 28.9 Å². The van der Waals surface area contributed by atoms with Crippen molar-refractivity contribution < 1.29 is 4.79 Å². The number of rotatable bonds is 4. The number of nitrogens with zero attached hydrogens (tertiary/aromatic N) is 3. The van der Waals surface area contributed by atoms with Crippen LogP contribution in [-0.4, -0.2) is 48.5 Å². The number of likely N-dealkylation sites (N-methyl/N-ethyl adjacent to an activating group) is 1. The molecule has 1 fully saturated rings. The van der Waals surface area contributed by atoms with Crippen LogP contribution in [-0.2, 0) is 0 Å². The third-order valence-electron chi connectivity index (χ3n) is 4.68. The van der Waals surface area contributed by atoms with Gasteiger partial charge in [0.25, 0.3) is 5.91 Å². The van der Waals surface area contributed by atoms with Crippen molar-refractivity contribution in [3.05, 3.63) is 52.8 Å². The summed E-state index contributed by atoms with van der Waals surface area (Å²) in [5.74, 6) is -0.229. The summed E-state index contributed by atoms with van der Waals surface area (Å²) in [7, 11) is 0. The van der Waals surface area contributed by atoms with Crippen LogP contribution in [0.25, 0.3) is 0 Å². The minimum absolute atomic E-state index is 0.229. The number of pyridine rings is 1. The summed E-state index contributed by atoms with van der Waals surface area (Å²) >= 11 is 6.09. The Balaban J connectivity index is 1.66. The van der Waals surface area contributed by atoms with Crippen molar-refractivity contribution in [3.63, 3.8) is 0 Å². The van der Waals surface area contributed by atoms with Crippen LogP contribution in [0.5, 0.6) is 0 Å². The average Bonchev–Trinajstić information content (AvgIpc) is 2.65. The Morgan fingerprint density at radius 2 is 1.96 bits per heavy atom. The van der Waals surface area contributed by atoms with Crippen LogP contribution in [0.15, 0.2) is 36.5 Å². The zero-order chi connectivity index (χ0) is 17.8. The molecule has 6 heteroatoms. The van der Waals surface area contributed by atoms with Crippen molar-refractivity contribution in [2.75, 3.05) is 42.9 Å². The first-order valence-corrected chi connectivity index (χ1v) is 8.96. The van der Waals surface area contributed by atoms with Gasteiger partial charge in [-0.2, -0.15) is 0 Å². The number of hydrogen-bond acceptors (Lipinski definition) is 4. The van der Waals surface area contributed by atoms with Crippen molar-refractivity contribution in [1.29, 1.82) is 0 Å². The lowest BCUT2D eigenvalue weighted by Gasteiger charge is -2.35. The van der Waals surface area contributed by atoms with E-state index in [-0.39, 0.29) is 5.91 Å². The molecule has 25 heavy (non-hydrogen) atoms. The molecule has 0 radical (unpaired) electrons. The lowest BCUT2D eigenvalue weighted by molar-refractivity contribution is 0.102. The number of nitrogens with one attached hydrogen (secondary N) is 1. The van der Waals surface area contributed by atoms with E-state index in [2.05, 4.69) is 27.0 Å². The summed E-state index contributed by atoms with van der Waals surface area (Å²) in [6, 6.07) is 9.20. The summed E-state index contributed by atoms with van der Waals surface area (Å²) in [5.41, 5.74) is 3.02. The van der Waals surface area contributed by atoms with Crippen LogP contribution >= 0.6 is 11.6 Å². The van der Waals surface area contributed by atoms with E-state index in [4.69, 9.17) is 11.6 Å². The SMILES string of the molecule is CCN1CCN(c2ccc(C(=O)Nc3cccc(Cl)c3C)nc2)CC1. The van der Waals surface area contributed by atoms with Gasteiger partial charge < -0.3 is 15.1 Å².